The molecule has 0 bridgehead atoms. The number of unbranched alkanes of at least 4 members (excludes halogenated alkanes) is 1. The van der Waals surface area contributed by atoms with Crippen molar-refractivity contribution in [3.63, 3.8) is 0 Å². The minimum Gasteiger partial charge on any atom is -0.393 e. The molecule has 15 heavy (non-hydrogen) atoms. The van der Waals surface area contributed by atoms with Gasteiger partial charge in [0.2, 0.25) is 0 Å². The van der Waals surface area contributed by atoms with Crippen LogP contribution in [0.5, 0.6) is 0 Å². The summed E-state index contributed by atoms with van der Waals surface area (Å²) in [4.78, 5) is 0.626. The number of ether oxygens (including phenoxy) is 1. The highest BCUT2D eigenvalue weighted by atomic mass is 32.1. The normalized spacial score (nSPS) is 26.5. The molecule has 2 unspecified atom stereocenters. The summed E-state index contributed by atoms with van der Waals surface area (Å²) in [5, 5.41) is 0. The summed E-state index contributed by atoms with van der Waals surface area (Å²) >= 11 is 4.83. The summed E-state index contributed by atoms with van der Waals surface area (Å²) < 4.78 is 5.89. The van der Waals surface area contributed by atoms with Crippen LogP contribution in [0.25, 0.3) is 0 Å². The molecule has 1 rings (SSSR count). The zero-order valence-electron chi connectivity index (χ0n) is 9.71. The number of hydrogen-bond donors (Lipinski definition) is 1. The van der Waals surface area contributed by atoms with Gasteiger partial charge in [-0.25, -0.2) is 0 Å². The van der Waals surface area contributed by atoms with E-state index in [9.17, 15) is 0 Å². The molecule has 0 amide bonds. The highest BCUT2D eigenvalue weighted by Gasteiger charge is 2.21. The van der Waals surface area contributed by atoms with E-state index in [1.165, 1.54) is 25.7 Å². The second kappa shape index (κ2) is 7.18. The van der Waals surface area contributed by atoms with Crippen LogP contribution in [0, 0.1) is 5.92 Å². The van der Waals surface area contributed by atoms with Gasteiger partial charge in [0.1, 0.15) is 0 Å². The molecule has 1 saturated carbocycles. The molecule has 0 heterocycles. The van der Waals surface area contributed by atoms with E-state index in [2.05, 4.69) is 6.92 Å². The lowest BCUT2D eigenvalue weighted by Crippen LogP contribution is -2.25. The molecule has 1 fully saturated rings. The second-order valence-electron chi connectivity index (χ2n) is 4.59. The van der Waals surface area contributed by atoms with Crippen LogP contribution in [-0.2, 0) is 4.74 Å². The van der Waals surface area contributed by atoms with Gasteiger partial charge in [-0.15, -0.1) is 0 Å². The smallest absolute Gasteiger partial charge is 0.0727 e. The summed E-state index contributed by atoms with van der Waals surface area (Å²) in [7, 11) is 0. The Balaban J connectivity index is 2.01. The molecular weight excluding hydrogens is 206 g/mol. The van der Waals surface area contributed by atoms with Crippen LogP contribution in [-0.4, -0.2) is 17.7 Å². The zero-order chi connectivity index (χ0) is 11.1. The first-order valence-electron chi connectivity index (χ1n) is 6.10. The Bertz CT molecular complexity index is 196. The van der Waals surface area contributed by atoms with Crippen LogP contribution < -0.4 is 5.73 Å². The van der Waals surface area contributed by atoms with Gasteiger partial charge in [-0.2, -0.15) is 0 Å². The molecule has 0 aromatic carbocycles. The van der Waals surface area contributed by atoms with E-state index in [0.717, 1.165) is 31.8 Å². The maximum absolute atomic E-state index is 5.89. The minimum absolute atomic E-state index is 0.503. The molecular formula is C12H23NOS. The van der Waals surface area contributed by atoms with Crippen LogP contribution in [0.3, 0.4) is 0 Å². The molecule has 2 N–H and O–H groups in total. The van der Waals surface area contributed by atoms with Gasteiger partial charge < -0.3 is 10.5 Å². The average Bonchev–Trinajstić information content (AvgIpc) is 2.20. The van der Waals surface area contributed by atoms with Crippen molar-refractivity contribution in [2.45, 2.75) is 58.0 Å². The Morgan fingerprint density at radius 1 is 1.33 bits per heavy atom. The first kappa shape index (κ1) is 12.9. The average molecular weight is 229 g/mol. The van der Waals surface area contributed by atoms with Gasteiger partial charge in [0.25, 0.3) is 0 Å². The molecule has 3 heteroatoms. The van der Waals surface area contributed by atoms with Crippen molar-refractivity contribution in [3.05, 3.63) is 0 Å². The Kier molecular flexibility index (Phi) is 6.18. The monoisotopic (exact) mass is 229 g/mol. The maximum Gasteiger partial charge on any atom is 0.0727 e. The Labute approximate surface area is 98.6 Å². The van der Waals surface area contributed by atoms with Crippen molar-refractivity contribution < 1.29 is 4.74 Å². The van der Waals surface area contributed by atoms with Crippen LogP contribution in [0.4, 0.5) is 0 Å². The molecule has 0 spiro atoms. The first-order chi connectivity index (χ1) is 7.20. The number of thiocarbonyl (C=S) groups is 1. The molecule has 1 aliphatic rings. The predicted octanol–water partition coefficient (Wildman–Crippen LogP) is 3.04. The van der Waals surface area contributed by atoms with Gasteiger partial charge in [-0.1, -0.05) is 32.0 Å². The second-order valence-corrected chi connectivity index (χ2v) is 5.12. The fourth-order valence-electron chi connectivity index (χ4n) is 2.17. The third-order valence-corrected chi connectivity index (χ3v) is 3.39. The molecule has 0 aromatic rings. The summed E-state index contributed by atoms with van der Waals surface area (Å²) in [5.74, 6) is 0.745. The topological polar surface area (TPSA) is 35.2 Å². The largest absolute Gasteiger partial charge is 0.393 e. The summed E-state index contributed by atoms with van der Waals surface area (Å²) in [5.41, 5.74) is 5.43. The number of nitrogens with two attached hydrogens (primary N) is 1. The summed E-state index contributed by atoms with van der Waals surface area (Å²) in [6.07, 6.45) is 8.80. The van der Waals surface area contributed by atoms with Crippen LogP contribution in [0.2, 0.25) is 0 Å². The third kappa shape index (κ3) is 5.47. The molecule has 0 radical (unpaired) electrons. The lowest BCUT2D eigenvalue weighted by atomic mass is 9.88. The van der Waals surface area contributed by atoms with E-state index in [0.29, 0.717) is 11.1 Å². The third-order valence-electron chi connectivity index (χ3n) is 3.18. The molecule has 0 aliphatic heterocycles. The SMILES string of the molecule is CC1CCCCC1OCCCCC(N)=S. The first-order valence-corrected chi connectivity index (χ1v) is 6.51. The standard InChI is InChI=1S/C12H23NOS/c1-10-6-2-3-7-11(10)14-9-5-4-8-12(13)15/h10-11H,2-9H2,1H3,(H2,13,15). The lowest BCUT2D eigenvalue weighted by molar-refractivity contribution is -0.00625. The number of hydrogen-bond acceptors (Lipinski definition) is 2. The summed E-state index contributed by atoms with van der Waals surface area (Å²) in [6.45, 7) is 3.18. The zero-order valence-corrected chi connectivity index (χ0v) is 10.5. The van der Waals surface area contributed by atoms with Crippen molar-refractivity contribution in [2.75, 3.05) is 6.61 Å². The maximum atomic E-state index is 5.89. The van der Waals surface area contributed by atoms with E-state index >= 15 is 0 Å². The van der Waals surface area contributed by atoms with E-state index < -0.39 is 0 Å². The molecule has 0 aromatic heterocycles. The minimum atomic E-state index is 0.503. The molecule has 2 atom stereocenters. The van der Waals surface area contributed by atoms with Gasteiger partial charge in [0, 0.05) is 6.61 Å². The van der Waals surface area contributed by atoms with E-state index in [-0.39, 0.29) is 0 Å². The van der Waals surface area contributed by atoms with Crippen molar-refractivity contribution in [2.24, 2.45) is 11.7 Å². The lowest BCUT2D eigenvalue weighted by Gasteiger charge is -2.28. The van der Waals surface area contributed by atoms with Crippen LogP contribution >= 0.6 is 12.2 Å². The highest BCUT2D eigenvalue weighted by Crippen LogP contribution is 2.26. The van der Waals surface area contributed by atoms with Crippen molar-refractivity contribution >= 4 is 17.2 Å². The number of rotatable bonds is 6. The van der Waals surface area contributed by atoms with Crippen molar-refractivity contribution in [3.8, 4) is 0 Å². The predicted molar refractivity (Wildman–Crippen MR) is 68.0 cm³/mol. The Hall–Kier alpha value is -0.150. The van der Waals surface area contributed by atoms with Crippen molar-refractivity contribution in [1.29, 1.82) is 0 Å². The van der Waals surface area contributed by atoms with E-state index in [1.807, 2.05) is 0 Å². The van der Waals surface area contributed by atoms with Gasteiger partial charge in [-0.05, 0) is 38.0 Å². The van der Waals surface area contributed by atoms with E-state index in [4.69, 9.17) is 22.7 Å². The molecule has 1 aliphatic carbocycles. The Morgan fingerprint density at radius 2 is 2.07 bits per heavy atom. The Morgan fingerprint density at radius 3 is 2.73 bits per heavy atom. The van der Waals surface area contributed by atoms with Crippen LogP contribution in [0.1, 0.15) is 51.9 Å². The fraction of sp³-hybridized carbons (Fsp3) is 0.917. The van der Waals surface area contributed by atoms with Crippen molar-refractivity contribution in [1.82, 2.24) is 0 Å². The van der Waals surface area contributed by atoms with E-state index in [1.54, 1.807) is 0 Å². The van der Waals surface area contributed by atoms with Gasteiger partial charge >= 0.3 is 0 Å². The highest BCUT2D eigenvalue weighted by molar-refractivity contribution is 7.80. The molecule has 2 nitrogen and oxygen atoms in total. The fourth-order valence-corrected chi connectivity index (χ4v) is 2.31. The molecule has 0 saturated heterocycles. The molecule has 88 valence electrons. The van der Waals surface area contributed by atoms with Gasteiger partial charge in [0.05, 0.1) is 11.1 Å². The quantitative estimate of drug-likeness (QED) is 0.561. The van der Waals surface area contributed by atoms with Gasteiger partial charge in [0.15, 0.2) is 0 Å². The summed E-state index contributed by atoms with van der Waals surface area (Å²) in [6, 6.07) is 0. The van der Waals surface area contributed by atoms with Gasteiger partial charge in [-0.3, -0.25) is 0 Å². The van der Waals surface area contributed by atoms with Crippen LogP contribution in [0.15, 0.2) is 0 Å².